The molecule has 0 spiro atoms. The molecular formula is C8H17N6Si+. The molecule has 0 amide bonds. The van der Waals surface area contributed by atoms with Gasteiger partial charge in [0.25, 0.3) is 0 Å². The summed E-state index contributed by atoms with van der Waals surface area (Å²) in [5.74, 6) is 0. The molecule has 0 aliphatic carbocycles. The molecule has 0 N–H and O–H groups in total. The van der Waals surface area contributed by atoms with Crippen molar-refractivity contribution in [1.29, 1.82) is 0 Å². The summed E-state index contributed by atoms with van der Waals surface area (Å²) in [5, 5.41) is 13.5. The molecule has 0 saturated carbocycles. The molecule has 0 aromatic carbocycles. The lowest BCUT2D eigenvalue weighted by Gasteiger charge is -2.12. The summed E-state index contributed by atoms with van der Waals surface area (Å²) in [6, 6.07) is 0. The maximum atomic E-state index is 4.05. The highest BCUT2D eigenvalue weighted by atomic mass is 28.3. The van der Waals surface area contributed by atoms with Crippen LogP contribution >= 0.6 is 0 Å². The standard InChI is InChI=1S/C5H11N3Si.C3H6N3/c1-9(2,3)8-6-4-5-7-8;1-6-3-2-4-5-6/h4-5H,1-3H3;2H,3H2,1H3/q;+1. The first-order valence-electron chi connectivity index (χ1n) is 4.80. The van der Waals surface area contributed by atoms with Crippen molar-refractivity contribution < 1.29 is 4.79 Å². The summed E-state index contributed by atoms with van der Waals surface area (Å²) >= 11 is 0. The van der Waals surface area contributed by atoms with Crippen LogP contribution < -0.4 is 0 Å². The molecule has 0 saturated heterocycles. The summed E-state index contributed by atoms with van der Waals surface area (Å²) in [6.45, 7) is 7.47. The highest BCUT2D eigenvalue weighted by Gasteiger charge is 2.17. The highest BCUT2D eigenvalue weighted by molar-refractivity contribution is 6.73. The van der Waals surface area contributed by atoms with Gasteiger partial charge in [0, 0.05) is 0 Å². The van der Waals surface area contributed by atoms with Crippen LogP contribution in [0.4, 0.5) is 0 Å². The largest absolute Gasteiger partial charge is 0.243 e. The van der Waals surface area contributed by atoms with Gasteiger partial charge < -0.3 is 0 Å². The van der Waals surface area contributed by atoms with E-state index in [0.717, 1.165) is 6.54 Å². The van der Waals surface area contributed by atoms with Gasteiger partial charge in [-0.2, -0.15) is 10.2 Å². The molecule has 1 aliphatic rings. The molecule has 0 fully saturated rings. The molecule has 82 valence electrons. The first kappa shape index (κ1) is 11.6. The number of aromatic nitrogens is 3. The SMILES string of the molecule is CN1CC=[N+]=N1.C[Si](C)(C)n1nccn1. The Morgan fingerprint density at radius 1 is 1.20 bits per heavy atom. The number of rotatable bonds is 1. The molecule has 0 radical (unpaired) electrons. The van der Waals surface area contributed by atoms with Crippen molar-refractivity contribution in [3.8, 4) is 0 Å². The van der Waals surface area contributed by atoms with Crippen molar-refractivity contribution in [2.75, 3.05) is 13.6 Å². The van der Waals surface area contributed by atoms with E-state index in [1.54, 1.807) is 23.6 Å². The fraction of sp³-hybridized carbons (Fsp3) is 0.625. The van der Waals surface area contributed by atoms with Gasteiger partial charge >= 0.3 is 0 Å². The van der Waals surface area contributed by atoms with Crippen molar-refractivity contribution in [3.05, 3.63) is 12.4 Å². The van der Waals surface area contributed by atoms with E-state index in [2.05, 4.69) is 39.9 Å². The predicted molar refractivity (Wildman–Crippen MR) is 60.1 cm³/mol. The van der Waals surface area contributed by atoms with E-state index < -0.39 is 8.24 Å². The Morgan fingerprint density at radius 3 is 2.00 bits per heavy atom. The van der Waals surface area contributed by atoms with Crippen LogP contribution in [-0.2, 0) is 0 Å². The van der Waals surface area contributed by atoms with Crippen LogP contribution in [0.25, 0.3) is 0 Å². The molecule has 2 rings (SSSR count). The van der Waals surface area contributed by atoms with E-state index in [4.69, 9.17) is 0 Å². The molecule has 0 atom stereocenters. The summed E-state index contributed by atoms with van der Waals surface area (Å²) in [4.78, 5) is 3.59. The van der Waals surface area contributed by atoms with E-state index in [0.29, 0.717) is 0 Å². The lowest BCUT2D eigenvalue weighted by Crippen LogP contribution is -2.34. The fourth-order valence-electron chi connectivity index (χ4n) is 0.878. The minimum atomic E-state index is -1.29. The molecular weight excluding hydrogens is 208 g/mol. The van der Waals surface area contributed by atoms with Crippen LogP contribution in [0, 0.1) is 0 Å². The molecule has 0 bridgehead atoms. The van der Waals surface area contributed by atoms with Gasteiger partial charge in [-0.05, 0) is 19.6 Å². The van der Waals surface area contributed by atoms with Gasteiger partial charge in [-0.25, -0.2) is 4.46 Å². The Hall–Kier alpha value is -1.46. The minimum Gasteiger partial charge on any atom is -0.222 e. The summed E-state index contributed by atoms with van der Waals surface area (Å²) < 4.78 is 1.83. The van der Waals surface area contributed by atoms with Crippen LogP contribution in [0.1, 0.15) is 0 Å². The van der Waals surface area contributed by atoms with Crippen LogP contribution in [0.5, 0.6) is 0 Å². The van der Waals surface area contributed by atoms with Crippen molar-refractivity contribution in [2.24, 2.45) is 5.22 Å². The third-order valence-corrected chi connectivity index (χ3v) is 3.08. The molecule has 15 heavy (non-hydrogen) atoms. The normalized spacial score (nSPS) is 14.0. The van der Waals surface area contributed by atoms with Crippen molar-refractivity contribution in [1.82, 2.24) is 19.7 Å². The Morgan fingerprint density at radius 2 is 1.80 bits per heavy atom. The molecule has 6 nitrogen and oxygen atoms in total. The van der Waals surface area contributed by atoms with Crippen LogP contribution in [-0.4, -0.2) is 52.5 Å². The monoisotopic (exact) mass is 225 g/mol. The van der Waals surface area contributed by atoms with Gasteiger partial charge in [0.15, 0.2) is 11.8 Å². The quantitative estimate of drug-likeness (QED) is 0.517. The molecule has 1 aromatic heterocycles. The van der Waals surface area contributed by atoms with Crippen molar-refractivity contribution >= 4 is 14.5 Å². The van der Waals surface area contributed by atoms with Crippen molar-refractivity contribution in [2.45, 2.75) is 19.6 Å². The van der Waals surface area contributed by atoms with Gasteiger partial charge in [0.1, 0.15) is 0 Å². The molecule has 7 heteroatoms. The summed E-state index contributed by atoms with van der Waals surface area (Å²) in [6.07, 6.45) is 5.20. The average molecular weight is 225 g/mol. The van der Waals surface area contributed by atoms with Crippen LogP contribution in [0.3, 0.4) is 0 Å². The topological polar surface area (TPSA) is 60.4 Å². The van der Waals surface area contributed by atoms with E-state index in [1.807, 2.05) is 11.5 Å². The van der Waals surface area contributed by atoms with Gasteiger partial charge in [-0.15, -0.1) is 5.01 Å². The van der Waals surface area contributed by atoms with Gasteiger partial charge in [-0.3, -0.25) is 0 Å². The molecule has 0 unspecified atom stereocenters. The lowest BCUT2D eigenvalue weighted by molar-refractivity contribution is -0.104. The number of nitrogens with zero attached hydrogens (tertiary/aromatic N) is 6. The Balaban J connectivity index is 0.000000162. The highest BCUT2D eigenvalue weighted by Crippen LogP contribution is 1.99. The Kier molecular flexibility index (Phi) is 3.76. The van der Waals surface area contributed by atoms with E-state index in [-0.39, 0.29) is 0 Å². The van der Waals surface area contributed by atoms with Gasteiger partial charge in [0.05, 0.1) is 19.4 Å². The third kappa shape index (κ3) is 4.05. The molecule has 1 aliphatic heterocycles. The van der Waals surface area contributed by atoms with E-state index in [1.165, 1.54) is 0 Å². The van der Waals surface area contributed by atoms with Crippen LogP contribution in [0.2, 0.25) is 19.6 Å². The first-order chi connectivity index (χ1) is 7.00. The Labute approximate surface area is 90.4 Å². The number of hydrogen-bond acceptors (Lipinski definition) is 4. The maximum absolute atomic E-state index is 4.05. The second-order valence-corrected chi connectivity index (χ2v) is 8.96. The zero-order valence-corrected chi connectivity index (χ0v) is 10.6. The average Bonchev–Trinajstić information content (AvgIpc) is 2.73. The number of hydrogen-bond donors (Lipinski definition) is 0. The van der Waals surface area contributed by atoms with E-state index in [9.17, 15) is 0 Å². The molecule has 2 heterocycles. The summed E-state index contributed by atoms with van der Waals surface area (Å²) in [5.41, 5.74) is 0. The van der Waals surface area contributed by atoms with Crippen molar-refractivity contribution in [3.63, 3.8) is 0 Å². The second-order valence-electron chi connectivity index (χ2n) is 4.22. The fourth-order valence-corrected chi connectivity index (χ4v) is 1.70. The lowest BCUT2D eigenvalue weighted by atomic mass is 10.7. The van der Waals surface area contributed by atoms with Gasteiger partial charge in [0.2, 0.25) is 14.5 Å². The zero-order valence-electron chi connectivity index (χ0n) is 9.62. The predicted octanol–water partition coefficient (Wildman–Crippen LogP) is 0.539. The third-order valence-electron chi connectivity index (χ3n) is 1.65. The smallest absolute Gasteiger partial charge is 0.222 e. The maximum Gasteiger partial charge on any atom is 0.243 e. The minimum absolute atomic E-state index is 0.861. The van der Waals surface area contributed by atoms with Gasteiger partial charge in [-0.1, -0.05) is 4.79 Å². The van der Waals surface area contributed by atoms with E-state index >= 15 is 0 Å². The zero-order chi connectivity index (χ0) is 11.3. The molecule has 1 aromatic rings. The first-order valence-corrected chi connectivity index (χ1v) is 8.25. The second kappa shape index (κ2) is 4.86. The Bertz CT molecular complexity index is 346. The van der Waals surface area contributed by atoms with Crippen LogP contribution in [0.15, 0.2) is 17.6 Å². The summed E-state index contributed by atoms with van der Waals surface area (Å²) in [7, 11) is 0.595.